The Balaban J connectivity index is 2.40. The van der Waals surface area contributed by atoms with Crippen molar-refractivity contribution in [3.63, 3.8) is 0 Å². The van der Waals surface area contributed by atoms with Crippen LogP contribution in [0.2, 0.25) is 0 Å². The minimum absolute atomic E-state index is 0.0171. The topological polar surface area (TPSA) is 58.2 Å². The maximum atomic E-state index is 12.0. The third-order valence-electron chi connectivity index (χ3n) is 3.50. The van der Waals surface area contributed by atoms with E-state index < -0.39 is 0 Å². The largest absolute Gasteiger partial charge is 0.356 e. The highest BCUT2D eigenvalue weighted by Gasteiger charge is 2.13. The highest BCUT2D eigenvalue weighted by Crippen LogP contribution is 2.18. The van der Waals surface area contributed by atoms with Crippen molar-refractivity contribution in [2.75, 3.05) is 11.9 Å². The van der Waals surface area contributed by atoms with Gasteiger partial charge in [-0.15, -0.1) is 0 Å². The molecule has 122 valence electrons. The Bertz CT molecular complexity index is 480. The average Bonchev–Trinajstić information content (AvgIpc) is 2.45. The number of carbonyl (C=O) groups excluding carboxylic acids is 2. The van der Waals surface area contributed by atoms with Crippen molar-refractivity contribution >= 4 is 17.5 Å². The minimum atomic E-state index is -0.0481. The standard InChI is InChI=1S/C18H28N2O2/c1-5-10-19-17(21)11-14(4)12-18(22)20-16-8-6-15(7-9-16)13(2)3/h6-9,13-14H,5,10-12H2,1-4H3,(H,19,21)(H,20,22)/t14-/m1/s1. The fourth-order valence-electron chi connectivity index (χ4n) is 2.21. The van der Waals surface area contributed by atoms with Gasteiger partial charge in [-0.25, -0.2) is 0 Å². The minimum Gasteiger partial charge on any atom is -0.356 e. The van der Waals surface area contributed by atoms with Gasteiger partial charge < -0.3 is 10.6 Å². The van der Waals surface area contributed by atoms with E-state index in [0.717, 1.165) is 12.1 Å². The molecular weight excluding hydrogens is 276 g/mol. The summed E-state index contributed by atoms with van der Waals surface area (Å²) in [6.07, 6.45) is 1.66. The normalized spacial score (nSPS) is 12.0. The fraction of sp³-hybridized carbons (Fsp3) is 0.556. The Kier molecular flexibility index (Phi) is 7.64. The Morgan fingerprint density at radius 2 is 1.59 bits per heavy atom. The second-order valence-corrected chi connectivity index (χ2v) is 6.19. The Hall–Kier alpha value is -1.84. The van der Waals surface area contributed by atoms with Gasteiger partial charge in [-0.1, -0.05) is 39.8 Å². The van der Waals surface area contributed by atoms with Crippen LogP contribution >= 0.6 is 0 Å². The van der Waals surface area contributed by atoms with Crippen LogP contribution in [-0.2, 0) is 9.59 Å². The van der Waals surface area contributed by atoms with Crippen LogP contribution in [0.5, 0.6) is 0 Å². The average molecular weight is 304 g/mol. The van der Waals surface area contributed by atoms with Crippen LogP contribution in [0.3, 0.4) is 0 Å². The van der Waals surface area contributed by atoms with E-state index in [1.807, 2.05) is 38.1 Å². The Morgan fingerprint density at radius 1 is 1.00 bits per heavy atom. The first-order valence-corrected chi connectivity index (χ1v) is 8.08. The summed E-state index contributed by atoms with van der Waals surface area (Å²) >= 11 is 0. The maximum Gasteiger partial charge on any atom is 0.224 e. The molecule has 0 fully saturated rings. The van der Waals surface area contributed by atoms with E-state index in [2.05, 4.69) is 24.5 Å². The van der Waals surface area contributed by atoms with Crippen LogP contribution in [0.15, 0.2) is 24.3 Å². The summed E-state index contributed by atoms with van der Waals surface area (Å²) in [6.45, 7) is 8.91. The van der Waals surface area contributed by atoms with Crippen LogP contribution < -0.4 is 10.6 Å². The second kappa shape index (κ2) is 9.23. The molecule has 0 aliphatic rings. The van der Waals surface area contributed by atoms with E-state index in [0.29, 0.717) is 25.3 Å². The molecule has 4 nitrogen and oxygen atoms in total. The van der Waals surface area contributed by atoms with Crippen molar-refractivity contribution in [1.82, 2.24) is 5.32 Å². The van der Waals surface area contributed by atoms with Gasteiger partial charge >= 0.3 is 0 Å². The van der Waals surface area contributed by atoms with Crippen molar-refractivity contribution in [3.05, 3.63) is 29.8 Å². The van der Waals surface area contributed by atoms with Crippen molar-refractivity contribution < 1.29 is 9.59 Å². The monoisotopic (exact) mass is 304 g/mol. The second-order valence-electron chi connectivity index (χ2n) is 6.19. The first-order chi connectivity index (χ1) is 10.4. The number of carbonyl (C=O) groups is 2. The predicted molar refractivity (Wildman–Crippen MR) is 90.9 cm³/mol. The fourth-order valence-corrected chi connectivity index (χ4v) is 2.21. The molecule has 22 heavy (non-hydrogen) atoms. The molecule has 0 saturated carbocycles. The van der Waals surface area contributed by atoms with Gasteiger partial charge in [0.1, 0.15) is 0 Å². The van der Waals surface area contributed by atoms with Crippen molar-refractivity contribution in [2.24, 2.45) is 5.92 Å². The quantitative estimate of drug-likeness (QED) is 0.769. The Morgan fingerprint density at radius 3 is 2.14 bits per heavy atom. The zero-order valence-electron chi connectivity index (χ0n) is 14.1. The number of nitrogens with one attached hydrogen (secondary N) is 2. The van der Waals surface area contributed by atoms with Crippen molar-refractivity contribution in [3.8, 4) is 0 Å². The molecule has 0 saturated heterocycles. The highest BCUT2D eigenvalue weighted by atomic mass is 16.2. The summed E-state index contributed by atoms with van der Waals surface area (Å²) in [5.41, 5.74) is 2.05. The lowest BCUT2D eigenvalue weighted by Gasteiger charge is -2.12. The summed E-state index contributed by atoms with van der Waals surface area (Å²) in [7, 11) is 0. The van der Waals surface area contributed by atoms with E-state index >= 15 is 0 Å². The lowest BCUT2D eigenvalue weighted by atomic mass is 10.0. The van der Waals surface area contributed by atoms with Gasteiger partial charge in [0.15, 0.2) is 0 Å². The van der Waals surface area contributed by atoms with Gasteiger partial charge in [-0.3, -0.25) is 9.59 Å². The molecule has 0 aliphatic carbocycles. The lowest BCUT2D eigenvalue weighted by Crippen LogP contribution is -2.26. The zero-order valence-corrected chi connectivity index (χ0v) is 14.1. The number of rotatable bonds is 8. The highest BCUT2D eigenvalue weighted by molar-refractivity contribution is 5.91. The first-order valence-electron chi connectivity index (χ1n) is 8.08. The summed E-state index contributed by atoms with van der Waals surface area (Å²) in [5, 5.41) is 5.72. The summed E-state index contributed by atoms with van der Waals surface area (Å²) < 4.78 is 0. The molecule has 0 spiro atoms. The smallest absolute Gasteiger partial charge is 0.224 e. The van der Waals surface area contributed by atoms with E-state index in [-0.39, 0.29) is 17.7 Å². The van der Waals surface area contributed by atoms with Gasteiger partial charge in [0.2, 0.25) is 11.8 Å². The number of amides is 2. The molecule has 1 aromatic carbocycles. The van der Waals surface area contributed by atoms with E-state index in [1.54, 1.807) is 0 Å². The van der Waals surface area contributed by atoms with Crippen molar-refractivity contribution in [2.45, 2.75) is 52.9 Å². The van der Waals surface area contributed by atoms with Gasteiger partial charge in [0.25, 0.3) is 0 Å². The van der Waals surface area contributed by atoms with E-state index in [1.165, 1.54) is 5.56 Å². The lowest BCUT2D eigenvalue weighted by molar-refractivity contribution is -0.122. The molecule has 0 heterocycles. The van der Waals surface area contributed by atoms with Crippen LogP contribution in [0.1, 0.15) is 58.4 Å². The third-order valence-corrected chi connectivity index (χ3v) is 3.50. The van der Waals surface area contributed by atoms with E-state index in [4.69, 9.17) is 0 Å². The molecule has 0 radical (unpaired) electrons. The predicted octanol–water partition coefficient (Wildman–Crippen LogP) is 3.69. The van der Waals surface area contributed by atoms with Crippen LogP contribution in [0.25, 0.3) is 0 Å². The number of benzene rings is 1. The van der Waals surface area contributed by atoms with Gasteiger partial charge in [-0.2, -0.15) is 0 Å². The van der Waals surface area contributed by atoms with E-state index in [9.17, 15) is 9.59 Å². The molecule has 4 heteroatoms. The summed E-state index contributed by atoms with van der Waals surface area (Å²) in [4.78, 5) is 23.6. The van der Waals surface area contributed by atoms with Crippen LogP contribution in [0.4, 0.5) is 5.69 Å². The molecule has 2 N–H and O–H groups in total. The molecule has 0 unspecified atom stereocenters. The molecule has 0 aromatic heterocycles. The van der Waals surface area contributed by atoms with Crippen LogP contribution in [0, 0.1) is 5.92 Å². The molecule has 1 rings (SSSR count). The first kappa shape index (κ1) is 18.2. The number of anilines is 1. The SMILES string of the molecule is CCCNC(=O)C[C@@H](C)CC(=O)Nc1ccc(C(C)C)cc1. The molecule has 1 aromatic rings. The molecule has 0 bridgehead atoms. The third kappa shape index (κ3) is 6.74. The summed E-state index contributed by atoms with van der Waals surface area (Å²) in [6, 6.07) is 7.90. The molecule has 0 aliphatic heterocycles. The van der Waals surface area contributed by atoms with Gasteiger partial charge in [0, 0.05) is 25.1 Å². The zero-order chi connectivity index (χ0) is 16.5. The maximum absolute atomic E-state index is 12.0. The number of hydrogen-bond acceptors (Lipinski definition) is 2. The number of hydrogen-bond donors (Lipinski definition) is 2. The summed E-state index contributed by atoms with van der Waals surface area (Å²) in [5.74, 6) is 0.481. The Labute approximate surface area is 133 Å². The molecule has 2 amide bonds. The van der Waals surface area contributed by atoms with Crippen LogP contribution in [-0.4, -0.2) is 18.4 Å². The van der Waals surface area contributed by atoms with Crippen molar-refractivity contribution in [1.29, 1.82) is 0 Å². The van der Waals surface area contributed by atoms with Gasteiger partial charge in [-0.05, 0) is 36.0 Å². The van der Waals surface area contributed by atoms with Gasteiger partial charge in [0.05, 0.1) is 0 Å². The molecule has 1 atom stereocenters. The molecular formula is C18H28N2O2.